The average Bonchev–Trinajstić information content (AvgIpc) is 2.22. The molecule has 0 saturated heterocycles. The van der Waals surface area contributed by atoms with Crippen LogP contribution in [0.15, 0.2) is 46.2 Å². The fourth-order valence-corrected chi connectivity index (χ4v) is 2.39. The van der Waals surface area contributed by atoms with Crippen molar-refractivity contribution in [2.45, 2.75) is 23.6 Å². The molecule has 0 aromatic heterocycles. The Morgan fingerprint density at radius 2 is 1.31 bits per heavy atom. The Morgan fingerprint density at radius 3 is 2.00 bits per heavy atom. The third-order valence-corrected chi connectivity index (χ3v) is 3.36. The molecule has 0 nitrogen and oxygen atoms in total. The van der Waals surface area contributed by atoms with Crippen LogP contribution in [0.5, 0.6) is 0 Å². The topological polar surface area (TPSA) is 0 Å². The second kappa shape index (κ2) is 4.56. The van der Waals surface area contributed by atoms with E-state index in [-0.39, 0.29) is 0 Å². The summed E-state index contributed by atoms with van der Waals surface area (Å²) in [6, 6.07) is 12.5. The van der Waals surface area contributed by atoms with Gasteiger partial charge in [-0.05, 0) is 42.7 Å². The molecule has 0 unspecified atom stereocenters. The van der Waals surface area contributed by atoms with E-state index in [1.165, 1.54) is 11.1 Å². The third kappa shape index (κ3) is 2.28. The Kier molecular flexibility index (Phi) is 3.31. The van der Waals surface area contributed by atoms with Crippen LogP contribution in [0.4, 0.5) is 0 Å². The lowest BCUT2D eigenvalue weighted by atomic mass is 10.0. The molecule has 0 atom stereocenters. The molecule has 0 N–H and O–H groups in total. The van der Waals surface area contributed by atoms with Gasteiger partial charge in [0.15, 0.2) is 0 Å². The van der Waals surface area contributed by atoms with Gasteiger partial charge in [0.25, 0.3) is 0 Å². The minimum Gasteiger partial charge on any atom is -0.143 e. The predicted octanol–water partition coefficient (Wildman–Crippen LogP) is 4.55. The molecule has 16 heavy (non-hydrogen) atoms. The normalized spacial score (nSPS) is 10.5. The van der Waals surface area contributed by atoms with Gasteiger partial charge in [-0.1, -0.05) is 29.8 Å². The van der Waals surface area contributed by atoms with Crippen LogP contribution in [-0.2, 0) is 0 Å². The van der Waals surface area contributed by atoms with Gasteiger partial charge in [-0.3, -0.25) is 0 Å². The summed E-state index contributed by atoms with van der Waals surface area (Å²) in [5.41, 5.74) is 4.75. The van der Waals surface area contributed by atoms with Crippen molar-refractivity contribution in [2.75, 3.05) is 0 Å². The minimum absolute atomic E-state index is 0.991. The summed E-state index contributed by atoms with van der Waals surface area (Å²) in [4.78, 5) is 1.99. The molecule has 0 bridgehead atoms. The maximum Gasteiger partial charge on any atom is 0.0122 e. The standard InChI is InChI=1S/C14H14S2/c1-9-4-6-13(15)12(7-9)11-5-3-10(2)8-14(11)16/h3-8,15-16H,1-2H3. The number of hydrogen-bond donors (Lipinski definition) is 2. The molecule has 82 valence electrons. The van der Waals surface area contributed by atoms with Gasteiger partial charge in [0.1, 0.15) is 0 Å². The van der Waals surface area contributed by atoms with Crippen molar-refractivity contribution in [2.24, 2.45) is 0 Å². The highest BCUT2D eigenvalue weighted by Gasteiger charge is 2.06. The van der Waals surface area contributed by atoms with Crippen LogP contribution in [0.2, 0.25) is 0 Å². The van der Waals surface area contributed by atoms with Crippen molar-refractivity contribution < 1.29 is 0 Å². The van der Waals surface area contributed by atoms with Crippen LogP contribution in [0.25, 0.3) is 11.1 Å². The summed E-state index contributed by atoms with van der Waals surface area (Å²) in [6.07, 6.45) is 0. The molecule has 0 saturated carbocycles. The van der Waals surface area contributed by atoms with E-state index < -0.39 is 0 Å². The number of thiol groups is 2. The molecule has 0 amide bonds. The molecule has 2 rings (SSSR count). The SMILES string of the molecule is Cc1ccc(-c2cc(C)ccc2S)c(S)c1. The Balaban J connectivity index is 2.62. The van der Waals surface area contributed by atoms with Crippen molar-refractivity contribution in [3.05, 3.63) is 47.5 Å². The summed E-state index contributed by atoms with van der Waals surface area (Å²) < 4.78 is 0. The maximum absolute atomic E-state index is 4.53. The smallest absolute Gasteiger partial charge is 0.0122 e. The van der Waals surface area contributed by atoms with Crippen LogP contribution in [0.3, 0.4) is 0 Å². The lowest BCUT2D eigenvalue weighted by Gasteiger charge is -2.10. The third-order valence-electron chi connectivity index (χ3n) is 2.60. The molecular weight excluding hydrogens is 232 g/mol. The molecule has 0 spiro atoms. The predicted molar refractivity (Wildman–Crippen MR) is 75.9 cm³/mol. The van der Waals surface area contributed by atoms with Crippen molar-refractivity contribution in [1.82, 2.24) is 0 Å². The van der Waals surface area contributed by atoms with E-state index in [0.29, 0.717) is 0 Å². The minimum atomic E-state index is 0.991. The van der Waals surface area contributed by atoms with Gasteiger partial charge in [-0.2, -0.15) is 0 Å². The molecular formula is C14H14S2. The van der Waals surface area contributed by atoms with Gasteiger partial charge in [0.2, 0.25) is 0 Å². The first-order valence-corrected chi connectivity index (χ1v) is 6.07. The van der Waals surface area contributed by atoms with E-state index in [2.05, 4.69) is 69.4 Å². The van der Waals surface area contributed by atoms with E-state index in [0.717, 1.165) is 20.9 Å². The summed E-state index contributed by atoms with van der Waals surface area (Å²) in [5.74, 6) is 0. The Labute approximate surface area is 108 Å². The lowest BCUT2D eigenvalue weighted by Crippen LogP contribution is -1.85. The molecule has 0 aliphatic carbocycles. The molecule has 2 aromatic carbocycles. The van der Waals surface area contributed by atoms with Gasteiger partial charge in [0.05, 0.1) is 0 Å². The Morgan fingerprint density at radius 1 is 0.688 bits per heavy atom. The quantitative estimate of drug-likeness (QED) is 0.678. The largest absolute Gasteiger partial charge is 0.143 e. The lowest BCUT2D eigenvalue weighted by molar-refractivity contribution is 1.32. The van der Waals surface area contributed by atoms with Crippen LogP contribution in [-0.4, -0.2) is 0 Å². The Hall–Kier alpha value is -0.860. The van der Waals surface area contributed by atoms with Gasteiger partial charge < -0.3 is 0 Å². The number of benzene rings is 2. The summed E-state index contributed by atoms with van der Waals surface area (Å²) >= 11 is 9.02. The summed E-state index contributed by atoms with van der Waals surface area (Å²) in [5, 5.41) is 0. The second-order valence-corrected chi connectivity index (χ2v) is 5.00. The van der Waals surface area contributed by atoms with Crippen LogP contribution >= 0.6 is 25.3 Å². The maximum atomic E-state index is 4.53. The monoisotopic (exact) mass is 246 g/mol. The fraction of sp³-hybridized carbons (Fsp3) is 0.143. The van der Waals surface area contributed by atoms with Crippen LogP contribution < -0.4 is 0 Å². The molecule has 0 fully saturated rings. The first kappa shape index (κ1) is 11.6. The van der Waals surface area contributed by atoms with Gasteiger partial charge in [0, 0.05) is 9.79 Å². The molecule has 2 aromatic rings. The second-order valence-electron chi connectivity index (χ2n) is 4.04. The van der Waals surface area contributed by atoms with E-state index in [4.69, 9.17) is 0 Å². The summed E-state index contributed by atoms with van der Waals surface area (Å²) in [7, 11) is 0. The first-order valence-electron chi connectivity index (χ1n) is 5.17. The number of rotatable bonds is 1. The van der Waals surface area contributed by atoms with E-state index in [9.17, 15) is 0 Å². The zero-order valence-electron chi connectivity index (χ0n) is 9.36. The van der Waals surface area contributed by atoms with Crippen molar-refractivity contribution >= 4 is 25.3 Å². The molecule has 0 aliphatic heterocycles. The van der Waals surface area contributed by atoms with Crippen molar-refractivity contribution in [3.63, 3.8) is 0 Å². The van der Waals surface area contributed by atoms with E-state index in [1.54, 1.807) is 0 Å². The average molecular weight is 246 g/mol. The first-order chi connectivity index (χ1) is 7.58. The molecule has 0 radical (unpaired) electrons. The van der Waals surface area contributed by atoms with Crippen molar-refractivity contribution in [1.29, 1.82) is 0 Å². The van der Waals surface area contributed by atoms with Crippen LogP contribution in [0.1, 0.15) is 11.1 Å². The summed E-state index contributed by atoms with van der Waals surface area (Å²) in [6.45, 7) is 4.16. The highest BCUT2D eigenvalue weighted by atomic mass is 32.1. The molecule has 0 heterocycles. The zero-order chi connectivity index (χ0) is 11.7. The highest BCUT2D eigenvalue weighted by Crippen LogP contribution is 2.32. The molecule has 2 heteroatoms. The van der Waals surface area contributed by atoms with Crippen molar-refractivity contribution in [3.8, 4) is 11.1 Å². The number of aryl methyl sites for hydroxylation is 2. The fourth-order valence-electron chi connectivity index (χ4n) is 1.74. The highest BCUT2D eigenvalue weighted by molar-refractivity contribution is 7.80. The zero-order valence-corrected chi connectivity index (χ0v) is 11.1. The van der Waals surface area contributed by atoms with Gasteiger partial charge in [-0.25, -0.2) is 0 Å². The van der Waals surface area contributed by atoms with Gasteiger partial charge in [-0.15, -0.1) is 25.3 Å². The van der Waals surface area contributed by atoms with E-state index >= 15 is 0 Å². The Bertz CT molecular complexity index is 530. The molecule has 0 aliphatic rings. The van der Waals surface area contributed by atoms with Crippen LogP contribution in [0, 0.1) is 13.8 Å². The van der Waals surface area contributed by atoms with E-state index in [1.807, 2.05) is 6.07 Å². The van der Waals surface area contributed by atoms with Gasteiger partial charge >= 0.3 is 0 Å². The number of hydrogen-bond acceptors (Lipinski definition) is 2.